The molecule has 0 aromatic heterocycles. The standard InChI is InChI=1S/C16H16N2O3/c17-18-15(19)10-11-21-14-8-6-13(7-9-14)16(20)12-4-2-1-3-5-12/h1-9H,10-11,17H2,(H,18,19). The van der Waals surface area contributed by atoms with Crippen LogP contribution in [0.2, 0.25) is 0 Å². The van der Waals surface area contributed by atoms with Crippen LogP contribution in [-0.4, -0.2) is 18.3 Å². The number of ketones is 1. The summed E-state index contributed by atoms with van der Waals surface area (Å²) >= 11 is 0. The highest BCUT2D eigenvalue weighted by atomic mass is 16.5. The van der Waals surface area contributed by atoms with Gasteiger partial charge in [-0.3, -0.25) is 15.0 Å². The Hall–Kier alpha value is -2.66. The van der Waals surface area contributed by atoms with Gasteiger partial charge in [0, 0.05) is 11.1 Å². The first-order valence-electron chi connectivity index (χ1n) is 6.53. The lowest BCUT2D eigenvalue weighted by atomic mass is 10.0. The number of hydrogen-bond donors (Lipinski definition) is 2. The molecule has 3 N–H and O–H groups in total. The van der Waals surface area contributed by atoms with Gasteiger partial charge in [-0.2, -0.15) is 0 Å². The smallest absolute Gasteiger partial charge is 0.237 e. The summed E-state index contributed by atoms with van der Waals surface area (Å²) in [5.41, 5.74) is 3.27. The highest BCUT2D eigenvalue weighted by Gasteiger charge is 2.08. The minimum Gasteiger partial charge on any atom is -0.493 e. The first-order valence-corrected chi connectivity index (χ1v) is 6.53. The maximum Gasteiger partial charge on any atom is 0.237 e. The molecular formula is C16H16N2O3. The highest BCUT2D eigenvalue weighted by Crippen LogP contribution is 2.15. The lowest BCUT2D eigenvalue weighted by molar-refractivity contribution is -0.121. The summed E-state index contributed by atoms with van der Waals surface area (Å²) in [6.07, 6.45) is 0.182. The summed E-state index contributed by atoms with van der Waals surface area (Å²) in [5, 5.41) is 0. The van der Waals surface area contributed by atoms with Gasteiger partial charge in [0.25, 0.3) is 0 Å². The second-order valence-corrected chi connectivity index (χ2v) is 4.39. The van der Waals surface area contributed by atoms with Crippen molar-refractivity contribution in [2.75, 3.05) is 6.61 Å². The lowest BCUT2D eigenvalue weighted by Gasteiger charge is -2.06. The van der Waals surface area contributed by atoms with Crippen molar-refractivity contribution in [1.29, 1.82) is 0 Å². The van der Waals surface area contributed by atoms with Gasteiger partial charge in [-0.1, -0.05) is 30.3 Å². The Bertz CT molecular complexity index is 609. The number of ether oxygens (including phenoxy) is 1. The monoisotopic (exact) mass is 284 g/mol. The summed E-state index contributed by atoms with van der Waals surface area (Å²) in [5.74, 6) is 5.25. The predicted octanol–water partition coefficient (Wildman–Crippen LogP) is 1.68. The van der Waals surface area contributed by atoms with Crippen molar-refractivity contribution >= 4 is 11.7 Å². The molecule has 2 aromatic rings. The maximum atomic E-state index is 12.2. The molecule has 0 aliphatic carbocycles. The molecule has 0 aliphatic rings. The van der Waals surface area contributed by atoms with Crippen LogP contribution in [0.1, 0.15) is 22.3 Å². The van der Waals surface area contributed by atoms with Crippen molar-refractivity contribution < 1.29 is 14.3 Å². The number of amides is 1. The third-order valence-electron chi connectivity index (χ3n) is 2.91. The quantitative estimate of drug-likeness (QED) is 0.366. The average Bonchev–Trinajstić information content (AvgIpc) is 2.55. The van der Waals surface area contributed by atoms with E-state index in [1.807, 2.05) is 23.6 Å². The van der Waals surface area contributed by atoms with E-state index >= 15 is 0 Å². The van der Waals surface area contributed by atoms with Gasteiger partial charge in [0.05, 0.1) is 13.0 Å². The van der Waals surface area contributed by atoms with Crippen LogP contribution in [0.25, 0.3) is 0 Å². The van der Waals surface area contributed by atoms with Crippen LogP contribution in [-0.2, 0) is 4.79 Å². The van der Waals surface area contributed by atoms with Crippen LogP contribution in [0.4, 0.5) is 0 Å². The Balaban J connectivity index is 1.96. The number of nitrogens with two attached hydrogens (primary N) is 1. The molecule has 0 aliphatic heterocycles. The van der Waals surface area contributed by atoms with E-state index in [-0.39, 0.29) is 24.7 Å². The van der Waals surface area contributed by atoms with Gasteiger partial charge in [0.2, 0.25) is 5.91 Å². The molecule has 21 heavy (non-hydrogen) atoms. The summed E-state index contributed by atoms with van der Waals surface area (Å²) < 4.78 is 5.39. The minimum absolute atomic E-state index is 0.0374. The SMILES string of the molecule is NNC(=O)CCOc1ccc(C(=O)c2ccccc2)cc1. The molecule has 0 spiro atoms. The largest absolute Gasteiger partial charge is 0.493 e. The second-order valence-electron chi connectivity index (χ2n) is 4.39. The van der Waals surface area contributed by atoms with E-state index in [9.17, 15) is 9.59 Å². The molecular weight excluding hydrogens is 268 g/mol. The van der Waals surface area contributed by atoms with E-state index in [1.54, 1.807) is 36.4 Å². The zero-order valence-corrected chi connectivity index (χ0v) is 11.4. The van der Waals surface area contributed by atoms with E-state index in [0.717, 1.165) is 0 Å². The normalized spacial score (nSPS) is 9.95. The van der Waals surface area contributed by atoms with Crippen molar-refractivity contribution in [2.24, 2.45) is 5.84 Å². The Kier molecular flexibility index (Phi) is 5.06. The van der Waals surface area contributed by atoms with E-state index in [2.05, 4.69) is 0 Å². The first kappa shape index (κ1) is 14.7. The number of hydrogen-bond acceptors (Lipinski definition) is 4. The first-order chi connectivity index (χ1) is 10.2. The molecule has 0 heterocycles. The Morgan fingerprint density at radius 3 is 2.19 bits per heavy atom. The van der Waals surface area contributed by atoms with Crippen LogP contribution in [0.3, 0.4) is 0 Å². The van der Waals surface area contributed by atoms with Crippen molar-refractivity contribution in [2.45, 2.75) is 6.42 Å². The molecule has 2 rings (SSSR count). The van der Waals surface area contributed by atoms with Crippen LogP contribution < -0.4 is 16.0 Å². The second kappa shape index (κ2) is 7.21. The molecule has 0 saturated heterocycles. The van der Waals surface area contributed by atoms with Crippen LogP contribution in [0.5, 0.6) is 5.75 Å². The molecule has 0 bridgehead atoms. The molecule has 0 fully saturated rings. The van der Waals surface area contributed by atoms with Crippen molar-refractivity contribution in [3.63, 3.8) is 0 Å². The summed E-state index contributed by atoms with van der Waals surface area (Å²) in [6, 6.07) is 15.9. The van der Waals surface area contributed by atoms with E-state index in [1.165, 1.54) is 0 Å². The molecule has 2 aromatic carbocycles. The van der Waals surface area contributed by atoms with Gasteiger partial charge in [0.15, 0.2) is 5.78 Å². The number of rotatable bonds is 6. The zero-order valence-electron chi connectivity index (χ0n) is 11.4. The van der Waals surface area contributed by atoms with Crippen molar-refractivity contribution in [3.05, 3.63) is 65.7 Å². The van der Waals surface area contributed by atoms with Crippen LogP contribution in [0.15, 0.2) is 54.6 Å². The fraction of sp³-hybridized carbons (Fsp3) is 0.125. The summed E-state index contributed by atoms with van der Waals surface area (Å²) in [4.78, 5) is 23.1. The van der Waals surface area contributed by atoms with E-state index in [4.69, 9.17) is 10.6 Å². The number of hydrazine groups is 1. The van der Waals surface area contributed by atoms with Gasteiger partial charge >= 0.3 is 0 Å². The Morgan fingerprint density at radius 2 is 1.57 bits per heavy atom. The third kappa shape index (κ3) is 4.15. The maximum absolute atomic E-state index is 12.2. The van der Waals surface area contributed by atoms with Gasteiger partial charge in [-0.15, -0.1) is 0 Å². The molecule has 0 radical (unpaired) electrons. The molecule has 108 valence electrons. The van der Waals surface area contributed by atoms with Gasteiger partial charge in [-0.05, 0) is 24.3 Å². The molecule has 5 heteroatoms. The highest BCUT2D eigenvalue weighted by molar-refractivity contribution is 6.08. The number of nitrogens with one attached hydrogen (secondary N) is 1. The summed E-state index contributed by atoms with van der Waals surface area (Å²) in [7, 11) is 0. The van der Waals surface area contributed by atoms with E-state index < -0.39 is 0 Å². The minimum atomic E-state index is -0.286. The van der Waals surface area contributed by atoms with Gasteiger partial charge in [0.1, 0.15) is 5.75 Å². The molecule has 0 atom stereocenters. The molecule has 1 amide bonds. The molecule has 0 unspecified atom stereocenters. The number of benzene rings is 2. The third-order valence-corrected chi connectivity index (χ3v) is 2.91. The van der Waals surface area contributed by atoms with Crippen LogP contribution >= 0.6 is 0 Å². The van der Waals surface area contributed by atoms with Crippen molar-refractivity contribution in [3.8, 4) is 5.75 Å². The Labute approximate surface area is 122 Å². The number of carbonyl (C=O) groups is 2. The van der Waals surface area contributed by atoms with Crippen molar-refractivity contribution in [1.82, 2.24) is 5.43 Å². The van der Waals surface area contributed by atoms with Gasteiger partial charge in [-0.25, -0.2) is 5.84 Å². The van der Waals surface area contributed by atoms with E-state index in [0.29, 0.717) is 16.9 Å². The average molecular weight is 284 g/mol. The van der Waals surface area contributed by atoms with Gasteiger partial charge < -0.3 is 4.74 Å². The molecule has 5 nitrogen and oxygen atoms in total. The predicted molar refractivity (Wildman–Crippen MR) is 78.8 cm³/mol. The summed E-state index contributed by atoms with van der Waals surface area (Å²) in [6.45, 7) is 0.231. The molecule has 0 saturated carbocycles. The Morgan fingerprint density at radius 1 is 0.952 bits per heavy atom. The lowest BCUT2D eigenvalue weighted by Crippen LogP contribution is -2.31. The van der Waals surface area contributed by atoms with Crippen LogP contribution in [0, 0.1) is 0 Å². The fourth-order valence-electron chi connectivity index (χ4n) is 1.79. The number of carbonyl (C=O) groups excluding carboxylic acids is 2. The zero-order chi connectivity index (χ0) is 15.1. The fourth-order valence-corrected chi connectivity index (χ4v) is 1.79. The topological polar surface area (TPSA) is 81.4 Å².